The van der Waals surface area contributed by atoms with E-state index < -0.39 is 10.0 Å². The van der Waals surface area contributed by atoms with Gasteiger partial charge in [0.05, 0.1) is 0 Å². The maximum atomic E-state index is 6.72. The fraction of sp³-hybridized carbons (Fsp3) is 0. The summed E-state index contributed by atoms with van der Waals surface area (Å²) in [4.78, 5) is 5.43. The third kappa shape index (κ3) is 2.57. The van der Waals surface area contributed by atoms with E-state index in [9.17, 15) is 0 Å². The minimum absolute atomic E-state index is 0.781. The van der Waals surface area contributed by atoms with Gasteiger partial charge in [-0.05, 0) is 63.5 Å². The Morgan fingerprint density at radius 1 is 0.471 bits per heavy atom. The van der Waals surface area contributed by atoms with Crippen molar-refractivity contribution < 1.29 is 0 Å². The lowest BCUT2D eigenvalue weighted by molar-refractivity contribution is 1.30. The minimum Gasteiger partial charge on any atom is -0.131 e. The molecule has 162 valence electrons. The summed E-state index contributed by atoms with van der Waals surface area (Å²) in [6.07, 6.45) is 0. The molecule has 7 rings (SSSR count). The Kier molecular flexibility index (Phi) is 4.39. The molecule has 6 aromatic rings. The number of fused-ring (bicyclic) bond motifs is 8. The largest absolute Gasteiger partial charge is 0.131 e. The third-order valence-electron chi connectivity index (χ3n) is 6.93. The molecule has 0 nitrogen and oxygen atoms in total. The van der Waals surface area contributed by atoms with Crippen molar-refractivity contribution in [1.82, 2.24) is 0 Å². The fourth-order valence-corrected chi connectivity index (χ4v) is 10.3. The van der Waals surface area contributed by atoms with E-state index in [1.807, 2.05) is 6.07 Å². The lowest BCUT2D eigenvalue weighted by Gasteiger charge is -2.40. The number of halogens is 1. The lowest BCUT2D eigenvalue weighted by Crippen LogP contribution is -2.02. The van der Waals surface area contributed by atoms with Crippen molar-refractivity contribution in [2.45, 2.75) is 19.6 Å². The van der Waals surface area contributed by atoms with Crippen LogP contribution in [0, 0.1) is 0 Å². The zero-order valence-corrected chi connectivity index (χ0v) is 20.0. The van der Waals surface area contributed by atoms with Crippen molar-refractivity contribution in [2.24, 2.45) is 0 Å². The predicted molar refractivity (Wildman–Crippen MR) is 145 cm³/mol. The van der Waals surface area contributed by atoms with Crippen LogP contribution >= 0.6 is 21.6 Å². The van der Waals surface area contributed by atoms with Crippen LogP contribution in [0.2, 0.25) is 5.02 Å². The summed E-state index contributed by atoms with van der Waals surface area (Å²) in [5.41, 5.74) is 2.65. The van der Waals surface area contributed by atoms with E-state index in [1.54, 1.807) is 0 Å². The van der Waals surface area contributed by atoms with E-state index in [4.69, 9.17) is 11.6 Å². The summed E-state index contributed by atoms with van der Waals surface area (Å²) >= 11 is 6.72. The van der Waals surface area contributed by atoms with Crippen molar-refractivity contribution in [1.29, 1.82) is 0 Å². The average Bonchev–Trinajstić information content (AvgIpc) is 3.21. The fourth-order valence-electron chi connectivity index (χ4n) is 5.64. The Labute approximate surface area is 205 Å². The minimum atomic E-state index is -1.76. The van der Waals surface area contributed by atoms with Gasteiger partial charge in [0.25, 0.3) is 0 Å². The third-order valence-corrected chi connectivity index (χ3v) is 11.2. The second kappa shape index (κ2) is 7.50. The maximum Gasteiger partial charge on any atom is 0.0417 e. The van der Waals surface area contributed by atoms with Gasteiger partial charge in [-0.1, -0.05) is 103 Å². The summed E-state index contributed by atoms with van der Waals surface area (Å²) in [6.45, 7) is 0. The van der Waals surface area contributed by atoms with Crippen LogP contribution in [0.1, 0.15) is 0 Å². The van der Waals surface area contributed by atoms with Gasteiger partial charge < -0.3 is 0 Å². The van der Waals surface area contributed by atoms with Gasteiger partial charge >= 0.3 is 0 Å². The first kappa shape index (κ1) is 19.9. The number of rotatable bonds is 2. The van der Waals surface area contributed by atoms with Crippen molar-refractivity contribution in [2.75, 3.05) is 0 Å². The van der Waals surface area contributed by atoms with Crippen LogP contribution in [0.15, 0.2) is 147 Å². The molecule has 0 spiro atoms. The van der Waals surface area contributed by atoms with E-state index in [0.29, 0.717) is 0 Å². The van der Waals surface area contributed by atoms with Crippen LogP contribution in [0.25, 0.3) is 32.7 Å². The Bertz CT molecular complexity index is 1670. The SMILES string of the molecule is Clc1ccc2c(c1)S(c1ccccc1)(c1ccccc1)c1c-2c2ccccc2c2ccccc12. The Balaban J connectivity index is 1.82. The van der Waals surface area contributed by atoms with Crippen LogP contribution in [0.5, 0.6) is 0 Å². The normalized spacial score (nSPS) is 14.6. The molecule has 0 saturated carbocycles. The van der Waals surface area contributed by atoms with E-state index in [-0.39, 0.29) is 0 Å². The van der Waals surface area contributed by atoms with Crippen molar-refractivity contribution in [3.05, 3.63) is 132 Å². The molecule has 1 heterocycles. The highest BCUT2D eigenvalue weighted by Crippen LogP contribution is 2.81. The molecule has 0 aromatic heterocycles. The Morgan fingerprint density at radius 2 is 0.971 bits per heavy atom. The number of hydrogen-bond acceptors (Lipinski definition) is 0. The molecule has 0 radical (unpaired) electrons. The van der Waals surface area contributed by atoms with Gasteiger partial charge in [0.2, 0.25) is 0 Å². The molecular formula is C32H21ClS. The van der Waals surface area contributed by atoms with Crippen LogP contribution in [-0.4, -0.2) is 0 Å². The summed E-state index contributed by atoms with van der Waals surface area (Å²) in [5, 5.41) is 6.02. The molecule has 1 aliphatic heterocycles. The molecule has 0 amide bonds. The molecular weight excluding hydrogens is 452 g/mol. The molecule has 1 aliphatic rings. The second-order valence-electron chi connectivity index (χ2n) is 8.67. The molecule has 34 heavy (non-hydrogen) atoms. The first-order valence-electron chi connectivity index (χ1n) is 11.5. The molecule has 2 heteroatoms. The topological polar surface area (TPSA) is 0 Å². The van der Waals surface area contributed by atoms with Crippen LogP contribution in [-0.2, 0) is 0 Å². The quantitative estimate of drug-likeness (QED) is 0.219. The smallest absolute Gasteiger partial charge is 0.0417 e. The van der Waals surface area contributed by atoms with E-state index >= 15 is 0 Å². The highest BCUT2D eigenvalue weighted by Gasteiger charge is 2.44. The van der Waals surface area contributed by atoms with Crippen LogP contribution in [0.3, 0.4) is 0 Å². The molecule has 0 atom stereocenters. The van der Waals surface area contributed by atoms with Gasteiger partial charge in [-0.15, -0.1) is 10.0 Å². The number of hydrogen-bond donors (Lipinski definition) is 0. The zero-order valence-electron chi connectivity index (χ0n) is 18.4. The molecule has 0 bridgehead atoms. The first-order valence-corrected chi connectivity index (χ1v) is 13.5. The number of benzene rings is 6. The standard InChI is InChI=1S/C32H21ClS/c33-22-19-20-29-30(21-22)34(23-11-3-1-4-12-23,24-13-5-2-6-14-24)32-28-18-10-8-16-26(28)25-15-7-9-17-27(25)31(29)32/h1-21H. The van der Waals surface area contributed by atoms with Crippen molar-refractivity contribution >= 4 is 43.2 Å². The van der Waals surface area contributed by atoms with Crippen molar-refractivity contribution in [3.8, 4) is 11.1 Å². The average molecular weight is 473 g/mol. The monoisotopic (exact) mass is 472 g/mol. The maximum absolute atomic E-state index is 6.72. The molecule has 0 aliphatic carbocycles. The highest BCUT2D eigenvalue weighted by molar-refractivity contribution is 8.34. The predicted octanol–water partition coefficient (Wildman–Crippen LogP) is 9.97. The summed E-state index contributed by atoms with van der Waals surface area (Å²) in [7, 11) is -1.76. The van der Waals surface area contributed by atoms with Gasteiger partial charge in [-0.2, -0.15) is 0 Å². The van der Waals surface area contributed by atoms with Gasteiger partial charge in [0.1, 0.15) is 0 Å². The Morgan fingerprint density at radius 3 is 1.59 bits per heavy atom. The summed E-state index contributed by atoms with van der Waals surface area (Å²) < 4.78 is 0. The molecule has 0 N–H and O–H groups in total. The van der Waals surface area contributed by atoms with Crippen LogP contribution in [0.4, 0.5) is 0 Å². The lowest BCUT2D eigenvalue weighted by atomic mass is 9.93. The van der Waals surface area contributed by atoms with E-state index in [2.05, 4.69) is 121 Å². The van der Waals surface area contributed by atoms with Gasteiger partial charge in [-0.25, -0.2) is 0 Å². The molecule has 0 saturated heterocycles. The molecule has 0 unspecified atom stereocenters. The summed E-state index contributed by atoms with van der Waals surface area (Å²) in [6, 6.07) is 46.3. The van der Waals surface area contributed by atoms with Crippen molar-refractivity contribution in [3.63, 3.8) is 0 Å². The van der Waals surface area contributed by atoms with E-state index in [1.165, 1.54) is 52.3 Å². The zero-order chi connectivity index (χ0) is 22.7. The Hall–Kier alpha value is -3.52. The van der Waals surface area contributed by atoms with Gasteiger partial charge in [-0.3, -0.25) is 0 Å². The molecule has 6 aromatic carbocycles. The highest BCUT2D eigenvalue weighted by atomic mass is 35.5. The van der Waals surface area contributed by atoms with E-state index in [0.717, 1.165) is 5.02 Å². The second-order valence-corrected chi connectivity index (χ2v) is 12.1. The van der Waals surface area contributed by atoms with Gasteiger partial charge in [0, 0.05) is 30.2 Å². The van der Waals surface area contributed by atoms with Gasteiger partial charge in [0.15, 0.2) is 0 Å². The van der Waals surface area contributed by atoms with Crippen LogP contribution < -0.4 is 0 Å². The first-order chi connectivity index (χ1) is 16.8. The summed E-state index contributed by atoms with van der Waals surface area (Å²) in [5.74, 6) is 0. The molecule has 0 fully saturated rings.